The Hall–Kier alpha value is -3.65. The number of nitriles is 1. The Kier molecular flexibility index (Phi) is 3.72. The molecule has 5 heteroatoms. The second-order valence-electron chi connectivity index (χ2n) is 5.14. The number of fused-ring (bicyclic) bond motifs is 2. The predicted molar refractivity (Wildman–Crippen MR) is 89.2 cm³/mol. The van der Waals surface area contributed by atoms with E-state index in [2.05, 4.69) is 11.3 Å². The fraction of sp³-hybridized carbons (Fsp3) is 0. The van der Waals surface area contributed by atoms with Crippen LogP contribution in [0.5, 0.6) is 0 Å². The van der Waals surface area contributed by atoms with Gasteiger partial charge in [-0.1, -0.05) is 49.0 Å². The van der Waals surface area contributed by atoms with E-state index in [1.165, 1.54) is 6.26 Å². The zero-order valence-electron chi connectivity index (χ0n) is 12.4. The van der Waals surface area contributed by atoms with E-state index in [1.807, 2.05) is 18.2 Å². The fourth-order valence-corrected chi connectivity index (χ4v) is 2.81. The summed E-state index contributed by atoms with van der Waals surface area (Å²) in [7, 11) is 0. The van der Waals surface area contributed by atoms with E-state index >= 15 is 0 Å². The molecule has 0 radical (unpaired) electrons. The first-order valence-corrected chi connectivity index (χ1v) is 7.02. The molecule has 0 bridgehead atoms. The van der Waals surface area contributed by atoms with E-state index in [1.54, 1.807) is 30.3 Å². The lowest BCUT2D eigenvalue weighted by Gasteiger charge is -2.13. The molecule has 1 N–H and O–H groups in total. The number of ether oxygens (including phenoxy) is 1. The number of nitrogens with zero attached hydrogens (tertiary/aromatic N) is 1. The molecule has 3 rings (SSSR count). The number of aromatic carboxylic acids is 1. The van der Waals surface area contributed by atoms with Gasteiger partial charge in [0.1, 0.15) is 0 Å². The zero-order valence-corrected chi connectivity index (χ0v) is 12.4. The van der Waals surface area contributed by atoms with Crippen molar-refractivity contribution in [3.63, 3.8) is 0 Å². The van der Waals surface area contributed by atoms with Gasteiger partial charge in [-0.3, -0.25) is 0 Å². The number of esters is 1. The summed E-state index contributed by atoms with van der Waals surface area (Å²) >= 11 is 0. The molecular formula is C19H11NO4. The van der Waals surface area contributed by atoms with Crippen LogP contribution in [0.4, 0.5) is 0 Å². The van der Waals surface area contributed by atoms with Gasteiger partial charge in [0.25, 0.3) is 6.26 Å². The Morgan fingerprint density at radius 3 is 2.50 bits per heavy atom. The summed E-state index contributed by atoms with van der Waals surface area (Å²) in [6.07, 6.45) is 1.31. The molecule has 0 amide bonds. The van der Waals surface area contributed by atoms with Crippen LogP contribution < -0.4 is 0 Å². The lowest BCUT2D eigenvalue weighted by Crippen LogP contribution is -2.06. The van der Waals surface area contributed by atoms with Crippen molar-refractivity contribution in [2.75, 3.05) is 0 Å². The summed E-state index contributed by atoms with van der Waals surface area (Å²) in [5.74, 6) is -2.01. The van der Waals surface area contributed by atoms with Gasteiger partial charge in [0.05, 0.1) is 11.1 Å². The Labute approximate surface area is 137 Å². The number of carbonyl (C=O) groups is 2. The highest BCUT2D eigenvalue weighted by molar-refractivity contribution is 6.24. The van der Waals surface area contributed by atoms with E-state index in [-0.39, 0.29) is 11.1 Å². The molecule has 0 saturated carbocycles. The van der Waals surface area contributed by atoms with E-state index in [9.17, 15) is 14.7 Å². The summed E-state index contributed by atoms with van der Waals surface area (Å²) in [6.45, 7) is 3.66. The van der Waals surface area contributed by atoms with Crippen LogP contribution in [0.15, 0.2) is 55.1 Å². The van der Waals surface area contributed by atoms with E-state index in [0.29, 0.717) is 21.7 Å². The van der Waals surface area contributed by atoms with Crippen molar-refractivity contribution in [2.45, 2.75) is 0 Å². The lowest BCUT2D eigenvalue weighted by atomic mass is 9.91. The first-order chi connectivity index (χ1) is 11.5. The van der Waals surface area contributed by atoms with Gasteiger partial charge in [-0.25, -0.2) is 9.59 Å². The molecule has 0 saturated heterocycles. The van der Waals surface area contributed by atoms with Crippen LogP contribution in [-0.4, -0.2) is 17.0 Å². The van der Waals surface area contributed by atoms with Crippen molar-refractivity contribution in [1.29, 1.82) is 5.26 Å². The molecule has 3 aromatic rings. The maximum absolute atomic E-state index is 11.9. The number of benzene rings is 3. The quantitative estimate of drug-likeness (QED) is 0.344. The van der Waals surface area contributed by atoms with Gasteiger partial charge in [-0.05, 0) is 27.8 Å². The van der Waals surface area contributed by atoms with Gasteiger partial charge in [-0.15, -0.1) is 5.26 Å². The standard InChI is InChI=1S/C19H11NO4/c1-11(19(23)24-10-20)14-8-4-6-13-9-12-5-2-3-7-15(12)17(16(13)14)18(21)22/h2-9H,1H2,(H,21,22). The molecule has 5 nitrogen and oxygen atoms in total. The van der Waals surface area contributed by atoms with Crippen LogP contribution >= 0.6 is 0 Å². The first-order valence-electron chi connectivity index (χ1n) is 7.02. The van der Waals surface area contributed by atoms with Gasteiger partial charge in [-0.2, -0.15) is 0 Å². The number of hydrogen-bond acceptors (Lipinski definition) is 4. The number of hydrogen-bond donors (Lipinski definition) is 1. The lowest BCUT2D eigenvalue weighted by molar-refractivity contribution is -0.130. The van der Waals surface area contributed by atoms with Gasteiger partial charge >= 0.3 is 11.9 Å². The van der Waals surface area contributed by atoms with Crippen LogP contribution in [0, 0.1) is 11.5 Å². The molecule has 0 heterocycles. The van der Waals surface area contributed by atoms with Gasteiger partial charge in [0.2, 0.25) is 0 Å². The van der Waals surface area contributed by atoms with Crippen molar-refractivity contribution >= 4 is 39.1 Å². The average Bonchev–Trinajstić information content (AvgIpc) is 2.58. The summed E-state index contributed by atoms with van der Waals surface area (Å²) in [5, 5.41) is 20.6. The minimum atomic E-state index is -1.11. The molecular weight excluding hydrogens is 306 g/mol. The van der Waals surface area contributed by atoms with Gasteiger partial charge in [0.15, 0.2) is 0 Å². The molecule has 0 aliphatic carbocycles. The van der Waals surface area contributed by atoms with Crippen molar-refractivity contribution in [3.8, 4) is 6.26 Å². The molecule has 0 atom stereocenters. The Morgan fingerprint density at radius 2 is 1.79 bits per heavy atom. The monoisotopic (exact) mass is 317 g/mol. The van der Waals surface area contributed by atoms with Gasteiger partial charge in [0, 0.05) is 5.39 Å². The van der Waals surface area contributed by atoms with E-state index < -0.39 is 11.9 Å². The second-order valence-corrected chi connectivity index (χ2v) is 5.14. The number of carbonyl (C=O) groups excluding carboxylic acids is 1. The highest BCUT2D eigenvalue weighted by atomic mass is 16.5. The minimum absolute atomic E-state index is 0.0695. The van der Waals surface area contributed by atoms with Crippen molar-refractivity contribution in [2.24, 2.45) is 0 Å². The van der Waals surface area contributed by atoms with Crippen LogP contribution in [0.3, 0.4) is 0 Å². The normalized spacial score (nSPS) is 10.3. The largest absolute Gasteiger partial charge is 0.478 e. The molecule has 0 aromatic heterocycles. The first kappa shape index (κ1) is 15.3. The second kappa shape index (κ2) is 5.86. The van der Waals surface area contributed by atoms with E-state index in [4.69, 9.17) is 5.26 Å². The Morgan fingerprint density at radius 1 is 1.08 bits per heavy atom. The van der Waals surface area contributed by atoms with E-state index in [0.717, 1.165) is 5.39 Å². The SMILES string of the molecule is C=C(C(=O)OC#N)c1cccc2cc3ccccc3c(C(=O)O)c12. The highest BCUT2D eigenvalue weighted by Crippen LogP contribution is 2.33. The molecule has 0 aliphatic rings. The predicted octanol–water partition coefficient (Wildman–Crippen LogP) is 3.73. The van der Waals surface area contributed by atoms with Crippen LogP contribution in [-0.2, 0) is 9.53 Å². The average molecular weight is 317 g/mol. The van der Waals surface area contributed by atoms with Crippen LogP contribution in [0.1, 0.15) is 15.9 Å². The van der Waals surface area contributed by atoms with Crippen molar-refractivity contribution < 1.29 is 19.4 Å². The molecule has 24 heavy (non-hydrogen) atoms. The van der Waals surface area contributed by atoms with Crippen LogP contribution in [0.25, 0.3) is 27.1 Å². The summed E-state index contributed by atoms with van der Waals surface area (Å²) in [4.78, 5) is 23.7. The van der Waals surface area contributed by atoms with Gasteiger partial charge < -0.3 is 9.84 Å². The van der Waals surface area contributed by atoms with Crippen molar-refractivity contribution in [3.05, 3.63) is 66.2 Å². The number of carboxylic acid groups (broad SMARTS) is 1. The molecule has 0 spiro atoms. The fourth-order valence-electron chi connectivity index (χ4n) is 2.81. The molecule has 3 aromatic carbocycles. The maximum Gasteiger partial charge on any atom is 0.353 e. The zero-order chi connectivity index (χ0) is 17.3. The summed E-state index contributed by atoms with van der Waals surface area (Å²) < 4.78 is 4.31. The van der Waals surface area contributed by atoms with Crippen LogP contribution in [0.2, 0.25) is 0 Å². The number of carboxylic acids is 1. The minimum Gasteiger partial charge on any atom is -0.478 e. The molecule has 0 aliphatic heterocycles. The maximum atomic E-state index is 11.9. The summed E-state index contributed by atoms with van der Waals surface area (Å²) in [6, 6.07) is 14.0. The topological polar surface area (TPSA) is 87.4 Å². The molecule has 116 valence electrons. The Bertz CT molecular complexity index is 1060. The third-order valence-corrected chi connectivity index (χ3v) is 3.81. The molecule has 0 fully saturated rings. The molecule has 0 unspecified atom stereocenters. The third-order valence-electron chi connectivity index (χ3n) is 3.81. The summed E-state index contributed by atoms with van der Waals surface area (Å²) in [5.41, 5.74) is 0.348. The number of rotatable bonds is 3. The smallest absolute Gasteiger partial charge is 0.353 e. The highest BCUT2D eigenvalue weighted by Gasteiger charge is 2.20. The third kappa shape index (κ3) is 2.36. The Balaban J connectivity index is 2.43. The van der Waals surface area contributed by atoms with Crippen molar-refractivity contribution in [1.82, 2.24) is 0 Å².